The molecule has 1 aromatic carbocycles. The number of thiazole rings is 1. The maximum absolute atomic E-state index is 12.2. The predicted octanol–water partition coefficient (Wildman–Crippen LogP) is 4.12. The molecule has 8 heteroatoms. The standard InChI is InChI=1S/C17H22BrN3O3S/c1-17(2,3)24-16(22)21-9-7-20(8-10-21)15-19-13-12(23-4)6-5-11(18)14(13)25-15/h5-6H,7-10H2,1-4H3. The van der Waals surface area contributed by atoms with Crippen LogP contribution in [0.4, 0.5) is 9.93 Å². The third-order valence-corrected chi connectivity index (χ3v) is 5.94. The quantitative estimate of drug-likeness (QED) is 0.720. The molecule has 0 radical (unpaired) electrons. The summed E-state index contributed by atoms with van der Waals surface area (Å²) < 4.78 is 12.9. The average molecular weight is 428 g/mol. The van der Waals surface area contributed by atoms with Crippen LogP contribution in [-0.2, 0) is 4.74 Å². The fourth-order valence-corrected chi connectivity index (χ4v) is 4.25. The summed E-state index contributed by atoms with van der Waals surface area (Å²) in [6.45, 7) is 8.37. The molecule has 0 spiro atoms. The minimum Gasteiger partial charge on any atom is -0.494 e. The van der Waals surface area contributed by atoms with Crippen molar-refractivity contribution in [3.8, 4) is 5.75 Å². The van der Waals surface area contributed by atoms with Crippen molar-refractivity contribution in [3.05, 3.63) is 16.6 Å². The van der Waals surface area contributed by atoms with E-state index in [0.717, 1.165) is 38.7 Å². The Hall–Kier alpha value is -1.54. The molecule has 0 atom stereocenters. The second-order valence-electron chi connectivity index (χ2n) is 6.88. The van der Waals surface area contributed by atoms with Crippen LogP contribution in [0, 0.1) is 0 Å². The zero-order chi connectivity index (χ0) is 18.2. The first-order chi connectivity index (χ1) is 11.8. The van der Waals surface area contributed by atoms with Crippen LogP contribution in [0.5, 0.6) is 5.75 Å². The zero-order valence-electron chi connectivity index (χ0n) is 14.8. The lowest BCUT2D eigenvalue weighted by molar-refractivity contribution is 0.0240. The van der Waals surface area contributed by atoms with Gasteiger partial charge in [-0.15, -0.1) is 0 Å². The maximum Gasteiger partial charge on any atom is 0.410 e. The number of anilines is 1. The lowest BCUT2D eigenvalue weighted by Crippen LogP contribution is -2.50. The monoisotopic (exact) mass is 427 g/mol. The summed E-state index contributed by atoms with van der Waals surface area (Å²) in [4.78, 5) is 20.9. The summed E-state index contributed by atoms with van der Waals surface area (Å²) in [5, 5.41) is 0.948. The third kappa shape index (κ3) is 4.00. The number of carbonyl (C=O) groups is 1. The average Bonchev–Trinajstić information content (AvgIpc) is 3.00. The number of aromatic nitrogens is 1. The highest BCUT2D eigenvalue weighted by Crippen LogP contribution is 2.39. The van der Waals surface area contributed by atoms with Crippen molar-refractivity contribution in [1.29, 1.82) is 0 Å². The minimum atomic E-state index is -0.468. The van der Waals surface area contributed by atoms with Gasteiger partial charge in [0.1, 0.15) is 16.9 Å². The molecule has 0 bridgehead atoms. The largest absolute Gasteiger partial charge is 0.494 e. The fourth-order valence-electron chi connectivity index (χ4n) is 2.65. The predicted molar refractivity (Wildman–Crippen MR) is 104 cm³/mol. The van der Waals surface area contributed by atoms with Gasteiger partial charge in [-0.3, -0.25) is 0 Å². The molecule has 1 amide bonds. The van der Waals surface area contributed by atoms with E-state index in [9.17, 15) is 4.79 Å². The number of carbonyl (C=O) groups excluding carboxylic acids is 1. The van der Waals surface area contributed by atoms with Gasteiger partial charge >= 0.3 is 6.09 Å². The molecule has 2 aromatic rings. The van der Waals surface area contributed by atoms with E-state index in [4.69, 9.17) is 14.5 Å². The SMILES string of the molecule is COc1ccc(Br)c2sc(N3CCN(C(=O)OC(C)(C)C)CC3)nc12. The minimum absolute atomic E-state index is 0.249. The fraction of sp³-hybridized carbons (Fsp3) is 0.529. The van der Waals surface area contributed by atoms with Crippen molar-refractivity contribution in [2.45, 2.75) is 26.4 Å². The number of rotatable bonds is 2. The van der Waals surface area contributed by atoms with Crippen molar-refractivity contribution in [3.63, 3.8) is 0 Å². The van der Waals surface area contributed by atoms with Crippen molar-refractivity contribution in [2.75, 3.05) is 38.2 Å². The molecule has 25 heavy (non-hydrogen) atoms. The van der Waals surface area contributed by atoms with Gasteiger partial charge in [0.05, 0.1) is 11.8 Å². The first kappa shape index (κ1) is 18.3. The van der Waals surface area contributed by atoms with Crippen LogP contribution in [-0.4, -0.2) is 54.9 Å². The summed E-state index contributed by atoms with van der Waals surface area (Å²) in [6, 6.07) is 3.89. The van der Waals surface area contributed by atoms with Gasteiger partial charge in [-0.1, -0.05) is 11.3 Å². The summed E-state index contributed by atoms with van der Waals surface area (Å²) in [5.41, 5.74) is 0.399. The number of ether oxygens (including phenoxy) is 2. The molecular formula is C17H22BrN3O3S. The molecule has 1 fully saturated rings. The molecule has 3 rings (SSSR count). The first-order valence-electron chi connectivity index (χ1n) is 8.14. The van der Waals surface area contributed by atoms with Crippen LogP contribution >= 0.6 is 27.3 Å². The summed E-state index contributed by atoms with van der Waals surface area (Å²) >= 11 is 5.21. The number of hydrogen-bond acceptors (Lipinski definition) is 6. The second-order valence-corrected chi connectivity index (χ2v) is 8.71. The van der Waals surface area contributed by atoms with E-state index in [0.29, 0.717) is 13.1 Å². The molecule has 0 unspecified atom stereocenters. The number of nitrogens with zero attached hydrogens (tertiary/aromatic N) is 3. The van der Waals surface area contributed by atoms with Gasteiger partial charge in [0.15, 0.2) is 5.13 Å². The van der Waals surface area contributed by atoms with Crippen molar-refractivity contribution < 1.29 is 14.3 Å². The Morgan fingerprint density at radius 3 is 2.52 bits per heavy atom. The highest BCUT2D eigenvalue weighted by Gasteiger charge is 2.27. The number of methoxy groups -OCH3 is 1. The maximum atomic E-state index is 12.2. The van der Waals surface area contributed by atoms with Gasteiger partial charge < -0.3 is 19.3 Å². The van der Waals surface area contributed by atoms with E-state index >= 15 is 0 Å². The van der Waals surface area contributed by atoms with Crippen molar-refractivity contribution in [1.82, 2.24) is 9.88 Å². The molecule has 0 saturated carbocycles. The number of piperazine rings is 1. The van der Waals surface area contributed by atoms with E-state index in [-0.39, 0.29) is 6.09 Å². The normalized spacial score (nSPS) is 15.6. The van der Waals surface area contributed by atoms with Crippen LogP contribution in [0.25, 0.3) is 10.2 Å². The van der Waals surface area contributed by atoms with Crippen molar-refractivity contribution in [2.24, 2.45) is 0 Å². The highest BCUT2D eigenvalue weighted by atomic mass is 79.9. The number of halogens is 1. The van der Waals surface area contributed by atoms with Gasteiger partial charge in [0.25, 0.3) is 0 Å². The molecule has 2 heterocycles. The Morgan fingerprint density at radius 1 is 1.24 bits per heavy atom. The Bertz CT molecular complexity index is 779. The molecule has 136 valence electrons. The Morgan fingerprint density at radius 2 is 1.92 bits per heavy atom. The van der Waals surface area contributed by atoms with Crippen LogP contribution in [0.3, 0.4) is 0 Å². The highest BCUT2D eigenvalue weighted by molar-refractivity contribution is 9.10. The van der Waals surface area contributed by atoms with E-state index in [2.05, 4.69) is 20.8 Å². The van der Waals surface area contributed by atoms with E-state index in [1.807, 2.05) is 32.9 Å². The van der Waals surface area contributed by atoms with E-state index in [1.54, 1.807) is 23.3 Å². The molecule has 1 aliphatic heterocycles. The lowest BCUT2D eigenvalue weighted by Gasteiger charge is -2.35. The van der Waals surface area contributed by atoms with E-state index < -0.39 is 5.60 Å². The zero-order valence-corrected chi connectivity index (χ0v) is 17.2. The number of benzene rings is 1. The molecular weight excluding hydrogens is 406 g/mol. The second kappa shape index (κ2) is 6.99. The van der Waals surface area contributed by atoms with Crippen LogP contribution in [0.2, 0.25) is 0 Å². The van der Waals surface area contributed by atoms with E-state index in [1.165, 1.54) is 0 Å². The Balaban J connectivity index is 1.72. The van der Waals surface area contributed by atoms with Crippen molar-refractivity contribution >= 4 is 48.7 Å². The molecule has 6 nitrogen and oxygen atoms in total. The summed E-state index contributed by atoms with van der Waals surface area (Å²) in [7, 11) is 1.65. The van der Waals surface area contributed by atoms with Gasteiger partial charge in [0.2, 0.25) is 0 Å². The molecule has 1 saturated heterocycles. The number of fused-ring (bicyclic) bond motifs is 1. The molecule has 1 aliphatic rings. The number of amides is 1. The van der Waals surface area contributed by atoms with Crippen LogP contribution < -0.4 is 9.64 Å². The summed E-state index contributed by atoms with van der Waals surface area (Å²) in [5.74, 6) is 0.771. The molecule has 0 N–H and O–H groups in total. The third-order valence-electron chi connectivity index (χ3n) is 3.87. The van der Waals surface area contributed by atoms with Gasteiger partial charge in [-0.25, -0.2) is 9.78 Å². The van der Waals surface area contributed by atoms with Gasteiger partial charge in [-0.2, -0.15) is 0 Å². The summed E-state index contributed by atoms with van der Waals surface area (Å²) in [6.07, 6.45) is -0.249. The smallest absolute Gasteiger partial charge is 0.410 e. The van der Waals surface area contributed by atoms with Crippen LogP contribution in [0.15, 0.2) is 16.6 Å². The Labute approximate surface area is 159 Å². The Kier molecular flexibility index (Phi) is 5.11. The van der Waals surface area contributed by atoms with Gasteiger partial charge in [-0.05, 0) is 48.8 Å². The molecule has 1 aromatic heterocycles. The first-order valence-corrected chi connectivity index (χ1v) is 9.75. The van der Waals surface area contributed by atoms with Crippen LogP contribution in [0.1, 0.15) is 20.8 Å². The topological polar surface area (TPSA) is 54.9 Å². The number of hydrogen-bond donors (Lipinski definition) is 0. The van der Waals surface area contributed by atoms with Gasteiger partial charge in [0, 0.05) is 30.7 Å². The lowest BCUT2D eigenvalue weighted by atomic mass is 10.2. The molecule has 0 aliphatic carbocycles.